The molecule has 0 atom stereocenters. The van der Waals surface area contributed by atoms with Crippen molar-refractivity contribution >= 4 is 45.2 Å². The van der Waals surface area contributed by atoms with E-state index in [0.717, 1.165) is 33.1 Å². The van der Waals surface area contributed by atoms with Gasteiger partial charge in [0, 0.05) is 17.1 Å². The third-order valence-corrected chi connectivity index (χ3v) is 5.50. The van der Waals surface area contributed by atoms with Crippen LogP contribution in [0.25, 0.3) is 22.4 Å². The van der Waals surface area contributed by atoms with Crippen LogP contribution in [0.15, 0.2) is 53.0 Å². The van der Waals surface area contributed by atoms with Crippen LogP contribution in [0.5, 0.6) is 0 Å². The molecular formula is C18H15N5OS2. The van der Waals surface area contributed by atoms with Gasteiger partial charge in [0.15, 0.2) is 5.13 Å². The lowest BCUT2D eigenvalue weighted by Crippen LogP contribution is -2.14. The molecule has 4 rings (SSSR count). The third-order valence-electron chi connectivity index (χ3n) is 3.62. The van der Waals surface area contributed by atoms with Gasteiger partial charge in [-0.3, -0.25) is 4.79 Å². The van der Waals surface area contributed by atoms with Crippen molar-refractivity contribution in [1.29, 1.82) is 0 Å². The number of imidazole rings is 1. The second-order valence-corrected chi connectivity index (χ2v) is 7.41. The van der Waals surface area contributed by atoms with E-state index >= 15 is 0 Å². The Morgan fingerprint density at radius 2 is 2.12 bits per heavy atom. The number of nitrogens with zero attached hydrogens (tertiary/aromatic N) is 3. The number of hydrogen-bond acceptors (Lipinski definition) is 6. The number of para-hydroxylation sites is 2. The number of hydrogen-bond donors (Lipinski definition) is 2. The van der Waals surface area contributed by atoms with Crippen molar-refractivity contribution in [3.05, 3.63) is 53.7 Å². The average molecular weight is 381 g/mol. The Balaban J connectivity index is 1.51. The Morgan fingerprint density at radius 3 is 2.92 bits per heavy atom. The number of carbonyl (C=O) groups excluding carboxylic acids is 1. The number of aromatic nitrogens is 4. The highest BCUT2D eigenvalue weighted by Crippen LogP contribution is 2.29. The van der Waals surface area contributed by atoms with Crippen LogP contribution in [-0.2, 0) is 4.79 Å². The van der Waals surface area contributed by atoms with E-state index in [1.54, 1.807) is 6.20 Å². The first kappa shape index (κ1) is 16.7. The van der Waals surface area contributed by atoms with Gasteiger partial charge < -0.3 is 10.3 Å². The number of rotatable bonds is 5. The fourth-order valence-electron chi connectivity index (χ4n) is 2.47. The molecule has 0 aliphatic heterocycles. The Kier molecular flexibility index (Phi) is 4.68. The summed E-state index contributed by atoms with van der Waals surface area (Å²) >= 11 is 2.80. The fraction of sp³-hybridized carbons (Fsp3) is 0.111. The zero-order valence-corrected chi connectivity index (χ0v) is 15.5. The number of nitrogens with one attached hydrogen (secondary N) is 2. The summed E-state index contributed by atoms with van der Waals surface area (Å²) < 4.78 is 0. The molecule has 1 aromatic carbocycles. The third kappa shape index (κ3) is 3.61. The summed E-state index contributed by atoms with van der Waals surface area (Å²) in [7, 11) is 0. The molecular weight excluding hydrogens is 366 g/mol. The number of fused-ring (bicyclic) bond motifs is 1. The van der Waals surface area contributed by atoms with Gasteiger partial charge in [-0.15, -0.1) is 11.3 Å². The number of thioether (sulfide) groups is 1. The summed E-state index contributed by atoms with van der Waals surface area (Å²) in [5.74, 6) is 0.895. The summed E-state index contributed by atoms with van der Waals surface area (Å²) in [5.41, 5.74) is 3.65. The molecule has 0 spiro atoms. The van der Waals surface area contributed by atoms with Crippen molar-refractivity contribution in [3.63, 3.8) is 0 Å². The number of benzene rings is 1. The largest absolute Gasteiger partial charge is 0.338 e. The molecule has 4 aromatic rings. The van der Waals surface area contributed by atoms with Crippen molar-refractivity contribution in [2.75, 3.05) is 11.1 Å². The maximum atomic E-state index is 12.2. The molecule has 2 N–H and O–H groups in total. The Bertz CT molecular complexity index is 1040. The highest BCUT2D eigenvalue weighted by molar-refractivity contribution is 8.00. The number of thiazole rings is 1. The van der Waals surface area contributed by atoms with Gasteiger partial charge in [-0.05, 0) is 31.2 Å². The zero-order chi connectivity index (χ0) is 17.9. The zero-order valence-electron chi connectivity index (χ0n) is 13.9. The topological polar surface area (TPSA) is 83.6 Å². The van der Waals surface area contributed by atoms with Gasteiger partial charge in [-0.25, -0.2) is 15.0 Å². The Morgan fingerprint density at radius 1 is 1.23 bits per heavy atom. The maximum Gasteiger partial charge on any atom is 0.236 e. The van der Waals surface area contributed by atoms with E-state index in [2.05, 4.69) is 25.3 Å². The van der Waals surface area contributed by atoms with Crippen LogP contribution in [0.2, 0.25) is 0 Å². The lowest BCUT2D eigenvalue weighted by Gasteiger charge is -2.05. The minimum Gasteiger partial charge on any atom is -0.338 e. The highest BCUT2D eigenvalue weighted by Gasteiger charge is 2.13. The number of aryl methyl sites for hydroxylation is 1. The molecule has 3 heterocycles. The van der Waals surface area contributed by atoms with Gasteiger partial charge in [0.2, 0.25) is 5.91 Å². The standard InChI is InChI=1S/C18H15N5OS2/c1-11-9-26-18(20-11)23-15(24)10-25-17-12(5-4-8-19-17)16-21-13-6-2-3-7-14(13)22-16/h2-9H,10H2,1H3,(H,21,22)(H,20,23,24). The normalized spacial score (nSPS) is 11.0. The summed E-state index contributed by atoms with van der Waals surface area (Å²) in [6, 6.07) is 11.7. The summed E-state index contributed by atoms with van der Waals surface area (Å²) in [6.45, 7) is 1.90. The number of H-pyrrole nitrogens is 1. The van der Waals surface area contributed by atoms with Crippen molar-refractivity contribution in [1.82, 2.24) is 19.9 Å². The molecule has 0 radical (unpaired) electrons. The molecule has 0 saturated carbocycles. The Hall–Kier alpha value is -2.71. The second-order valence-electron chi connectivity index (χ2n) is 5.59. The monoisotopic (exact) mass is 381 g/mol. The van der Waals surface area contributed by atoms with E-state index in [1.807, 2.05) is 48.7 Å². The number of pyridine rings is 1. The van der Waals surface area contributed by atoms with Crippen LogP contribution >= 0.6 is 23.1 Å². The van der Waals surface area contributed by atoms with Crippen LogP contribution in [0.3, 0.4) is 0 Å². The number of aromatic amines is 1. The minimum atomic E-state index is -0.106. The average Bonchev–Trinajstić information content (AvgIpc) is 3.26. The van der Waals surface area contributed by atoms with Gasteiger partial charge >= 0.3 is 0 Å². The van der Waals surface area contributed by atoms with Crippen LogP contribution in [0.1, 0.15) is 5.69 Å². The van der Waals surface area contributed by atoms with E-state index in [1.165, 1.54) is 23.1 Å². The van der Waals surface area contributed by atoms with Crippen LogP contribution in [0, 0.1) is 6.92 Å². The molecule has 0 saturated heterocycles. The summed E-state index contributed by atoms with van der Waals surface area (Å²) in [5, 5.41) is 6.09. The fourth-order valence-corrected chi connectivity index (χ4v) is 3.97. The molecule has 130 valence electrons. The smallest absolute Gasteiger partial charge is 0.236 e. The maximum absolute atomic E-state index is 12.2. The van der Waals surface area contributed by atoms with E-state index in [-0.39, 0.29) is 11.7 Å². The number of amides is 1. The number of carbonyl (C=O) groups is 1. The predicted octanol–water partition coefficient (Wildman–Crippen LogP) is 4.12. The van der Waals surface area contributed by atoms with E-state index in [0.29, 0.717) is 5.13 Å². The van der Waals surface area contributed by atoms with Gasteiger partial charge in [0.25, 0.3) is 0 Å². The van der Waals surface area contributed by atoms with E-state index < -0.39 is 0 Å². The van der Waals surface area contributed by atoms with Crippen molar-refractivity contribution < 1.29 is 4.79 Å². The lowest BCUT2D eigenvalue weighted by molar-refractivity contribution is -0.113. The highest BCUT2D eigenvalue weighted by atomic mass is 32.2. The SMILES string of the molecule is Cc1csc(NC(=O)CSc2ncccc2-c2nc3ccccc3[nH]2)n1. The molecule has 1 amide bonds. The molecule has 0 aliphatic rings. The first-order valence-corrected chi connectivity index (χ1v) is 9.80. The van der Waals surface area contributed by atoms with E-state index in [4.69, 9.17) is 0 Å². The molecule has 0 unspecified atom stereocenters. The van der Waals surface area contributed by atoms with E-state index in [9.17, 15) is 4.79 Å². The molecule has 0 fully saturated rings. The van der Waals surface area contributed by atoms with Crippen molar-refractivity contribution in [2.45, 2.75) is 11.9 Å². The first-order valence-electron chi connectivity index (χ1n) is 7.94. The van der Waals surface area contributed by atoms with Gasteiger partial charge in [-0.1, -0.05) is 23.9 Å². The summed E-state index contributed by atoms with van der Waals surface area (Å²) in [6.07, 6.45) is 1.72. The van der Waals surface area contributed by atoms with Gasteiger partial charge in [0.1, 0.15) is 10.9 Å². The van der Waals surface area contributed by atoms with Crippen molar-refractivity contribution in [2.24, 2.45) is 0 Å². The number of anilines is 1. The van der Waals surface area contributed by atoms with Gasteiger partial charge in [0.05, 0.1) is 22.5 Å². The molecule has 3 aromatic heterocycles. The lowest BCUT2D eigenvalue weighted by atomic mass is 10.3. The van der Waals surface area contributed by atoms with Gasteiger partial charge in [-0.2, -0.15) is 0 Å². The second kappa shape index (κ2) is 7.27. The minimum absolute atomic E-state index is 0.106. The summed E-state index contributed by atoms with van der Waals surface area (Å²) in [4.78, 5) is 28.8. The predicted molar refractivity (Wildman–Crippen MR) is 106 cm³/mol. The molecule has 8 heteroatoms. The molecule has 0 aliphatic carbocycles. The van der Waals surface area contributed by atoms with Crippen LogP contribution in [0.4, 0.5) is 5.13 Å². The first-order chi connectivity index (χ1) is 12.7. The molecule has 6 nitrogen and oxygen atoms in total. The van der Waals surface area contributed by atoms with Crippen molar-refractivity contribution in [3.8, 4) is 11.4 Å². The van der Waals surface area contributed by atoms with Crippen LogP contribution in [-0.4, -0.2) is 31.6 Å². The Labute approximate surface area is 158 Å². The molecule has 26 heavy (non-hydrogen) atoms. The molecule has 0 bridgehead atoms. The quantitative estimate of drug-likeness (QED) is 0.508. The van der Waals surface area contributed by atoms with Crippen LogP contribution < -0.4 is 5.32 Å².